The Morgan fingerprint density at radius 2 is 1.48 bits per heavy atom. The maximum absolute atomic E-state index is 16.5. The van der Waals surface area contributed by atoms with Crippen LogP contribution in [0.5, 0.6) is 11.8 Å². The molecule has 9 rings (SSSR count). The van der Waals surface area contributed by atoms with E-state index in [1.807, 2.05) is 12.1 Å². The van der Waals surface area contributed by atoms with Gasteiger partial charge in [0.1, 0.15) is 11.5 Å². The Balaban J connectivity index is 0.973. The zero-order valence-electron chi connectivity index (χ0n) is 29.1. The lowest BCUT2D eigenvalue weighted by Gasteiger charge is -2.50. The number of methoxy groups -OCH3 is 2. The largest absolute Gasteiger partial charge is 0.481 e. The zero-order valence-corrected chi connectivity index (χ0v) is 29.9. The standard InChI is InChI=1S/C39H39ClFN7O4/c1-51-36-29(17-47-18-38(19-47)13-11-31(49)45-38)42-16-28(44-36)26-8-4-6-24(35(26)41)23-5-3-7-25(34(23)40)27-15-22-9-10-30(33(22)37(43-27)52-2)48-20-39(21-48)14-12-32(50)46-39/h3-8,15-16,30H,9-14,17-21H2,1-2H3,(H,45,49)(H,46,50). The molecular formula is C39H39ClFN7O4. The van der Waals surface area contributed by atoms with Gasteiger partial charge in [0.2, 0.25) is 23.6 Å². The maximum Gasteiger partial charge on any atom is 0.237 e. The number of halogens is 2. The van der Waals surface area contributed by atoms with Crippen molar-refractivity contribution < 1.29 is 23.5 Å². The van der Waals surface area contributed by atoms with Gasteiger partial charge in [0, 0.05) is 79.4 Å². The van der Waals surface area contributed by atoms with Crippen molar-refractivity contribution in [3.8, 4) is 45.4 Å². The summed E-state index contributed by atoms with van der Waals surface area (Å²) in [5.74, 6) is 0.664. The number of carbonyl (C=O) groups excluding carboxylic acids is 2. The summed E-state index contributed by atoms with van der Waals surface area (Å²) in [5, 5.41) is 6.66. The monoisotopic (exact) mass is 723 g/mol. The van der Waals surface area contributed by atoms with E-state index in [-0.39, 0.29) is 34.5 Å². The summed E-state index contributed by atoms with van der Waals surface area (Å²) in [4.78, 5) is 42.5. The number of aromatic nitrogens is 3. The zero-order chi connectivity index (χ0) is 35.8. The number of likely N-dealkylation sites (tertiary alicyclic amines) is 2. The smallest absolute Gasteiger partial charge is 0.237 e. The van der Waals surface area contributed by atoms with Crippen molar-refractivity contribution in [2.75, 3.05) is 40.4 Å². The van der Waals surface area contributed by atoms with Crippen LogP contribution in [0.3, 0.4) is 0 Å². The summed E-state index contributed by atoms with van der Waals surface area (Å²) >= 11 is 7.11. The predicted octanol–water partition coefficient (Wildman–Crippen LogP) is 5.10. The highest BCUT2D eigenvalue weighted by Crippen LogP contribution is 2.48. The minimum atomic E-state index is -0.472. The van der Waals surface area contributed by atoms with Crippen LogP contribution in [-0.4, -0.2) is 88.0 Å². The van der Waals surface area contributed by atoms with Crippen molar-refractivity contribution in [3.63, 3.8) is 0 Å². The van der Waals surface area contributed by atoms with Crippen LogP contribution in [0.25, 0.3) is 33.6 Å². The molecule has 5 aliphatic rings. The summed E-state index contributed by atoms with van der Waals surface area (Å²) in [6.07, 6.45) is 6.27. The molecule has 4 aliphatic heterocycles. The topological polar surface area (TPSA) is 122 Å². The molecule has 2 aromatic carbocycles. The molecule has 1 aliphatic carbocycles. The number of ether oxygens (including phenoxy) is 2. The Hall–Kier alpha value is -4.65. The molecule has 4 saturated heterocycles. The minimum absolute atomic E-state index is 0.0991. The van der Waals surface area contributed by atoms with Gasteiger partial charge in [-0.1, -0.05) is 41.9 Å². The average molecular weight is 724 g/mol. The number of carbonyl (C=O) groups is 2. The van der Waals surface area contributed by atoms with E-state index >= 15 is 4.39 Å². The van der Waals surface area contributed by atoms with Gasteiger partial charge < -0.3 is 20.1 Å². The fraction of sp³-hybridized carbons (Fsp3) is 0.410. The third kappa shape index (κ3) is 5.50. The number of fused-ring (bicyclic) bond motifs is 1. The highest BCUT2D eigenvalue weighted by Gasteiger charge is 2.51. The lowest BCUT2D eigenvalue weighted by atomic mass is 9.86. The van der Waals surface area contributed by atoms with Crippen LogP contribution in [0.2, 0.25) is 5.02 Å². The van der Waals surface area contributed by atoms with E-state index in [4.69, 9.17) is 26.1 Å². The van der Waals surface area contributed by atoms with Gasteiger partial charge in [-0.2, -0.15) is 0 Å². The molecule has 0 radical (unpaired) electrons. The Bertz CT molecular complexity index is 2130. The molecule has 1 unspecified atom stereocenters. The molecular weight excluding hydrogens is 685 g/mol. The van der Waals surface area contributed by atoms with E-state index in [2.05, 4.69) is 36.5 Å². The first kappa shape index (κ1) is 33.2. The molecule has 0 bridgehead atoms. The molecule has 2 spiro atoms. The van der Waals surface area contributed by atoms with Gasteiger partial charge in [0.05, 0.1) is 47.9 Å². The molecule has 52 heavy (non-hydrogen) atoms. The van der Waals surface area contributed by atoms with Crippen LogP contribution in [-0.2, 0) is 22.6 Å². The molecule has 11 nitrogen and oxygen atoms in total. The van der Waals surface area contributed by atoms with Crippen molar-refractivity contribution in [2.45, 2.75) is 62.2 Å². The molecule has 13 heteroatoms. The normalized spacial score (nSPS) is 21.5. The van der Waals surface area contributed by atoms with Crippen molar-refractivity contribution in [2.24, 2.45) is 0 Å². The Labute approximate surface area is 305 Å². The Kier molecular flexibility index (Phi) is 7.98. The second kappa shape index (κ2) is 12.5. The lowest BCUT2D eigenvalue weighted by molar-refractivity contribution is -0.121. The van der Waals surface area contributed by atoms with Gasteiger partial charge in [0.15, 0.2) is 0 Å². The molecule has 6 heterocycles. The Morgan fingerprint density at radius 1 is 0.846 bits per heavy atom. The number of aryl methyl sites for hydroxylation is 1. The van der Waals surface area contributed by atoms with Crippen LogP contribution >= 0.6 is 11.6 Å². The molecule has 268 valence electrons. The lowest BCUT2D eigenvalue weighted by Crippen LogP contribution is -2.67. The molecule has 4 aromatic rings. The number of nitrogens with one attached hydrogen (secondary N) is 2. The molecule has 2 amide bonds. The minimum Gasteiger partial charge on any atom is -0.481 e. The number of pyridine rings is 1. The second-order valence-corrected chi connectivity index (χ2v) is 15.3. The number of benzene rings is 2. The third-order valence-electron chi connectivity index (χ3n) is 11.5. The van der Waals surface area contributed by atoms with E-state index in [1.54, 1.807) is 37.6 Å². The molecule has 0 saturated carbocycles. The second-order valence-electron chi connectivity index (χ2n) is 14.9. The Morgan fingerprint density at radius 3 is 2.15 bits per heavy atom. The number of hydrogen-bond donors (Lipinski definition) is 2. The SMILES string of the molecule is COc1nc(-c2cccc(-c3cccc(-c4cc5c(c(OC)n4)C(N4CC6(CCC(=O)N6)C4)CC5)c3Cl)c2F)cnc1CN1CC2(CCC(=O)N2)C1. The highest BCUT2D eigenvalue weighted by atomic mass is 35.5. The van der Waals surface area contributed by atoms with Gasteiger partial charge in [-0.3, -0.25) is 24.4 Å². The molecule has 2 N–H and O–H groups in total. The van der Waals surface area contributed by atoms with E-state index in [9.17, 15) is 9.59 Å². The summed E-state index contributed by atoms with van der Waals surface area (Å²) in [6.45, 7) is 3.67. The fourth-order valence-corrected chi connectivity index (χ4v) is 9.35. The van der Waals surface area contributed by atoms with Gasteiger partial charge in [-0.15, -0.1) is 0 Å². The first-order valence-electron chi connectivity index (χ1n) is 17.8. The van der Waals surface area contributed by atoms with Crippen molar-refractivity contribution in [1.82, 2.24) is 35.4 Å². The molecule has 1 atom stereocenters. The first-order chi connectivity index (χ1) is 25.2. The predicted molar refractivity (Wildman–Crippen MR) is 192 cm³/mol. The summed E-state index contributed by atoms with van der Waals surface area (Å²) in [7, 11) is 3.17. The summed E-state index contributed by atoms with van der Waals surface area (Å²) in [5.41, 5.74) is 5.50. The third-order valence-corrected chi connectivity index (χ3v) is 11.9. The van der Waals surface area contributed by atoms with Gasteiger partial charge in [-0.05, 0) is 43.4 Å². The van der Waals surface area contributed by atoms with Crippen molar-refractivity contribution in [3.05, 3.63) is 76.3 Å². The quantitative estimate of drug-likeness (QED) is 0.256. The van der Waals surface area contributed by atoms with Crippen molar-refractivity contribution >= 4 is 23.4 Å². The van der Waals surface area contributed by atoms with Crippen LogP contribution in [0.1, 0.15) is 55.0 Å². The fourth-order valence-electron chi connectivity index (χ4n) is 9.02. The molecule has 4 fully saturated rings. The van der Waals surface area contributed by atoms with E-state index in [0.29, 0.717) is 69.9 Å². The first-order valence-corrected chi connectivity index (χ1v) is 18.2. The number of hydrogen-bond acceptors (Lipinski definition) is 9. The average Bonchev–Trinajstić information content (AvgIpc) is 3.84. The molecule has 2 aromatic heterocycles. The number of rotatable bonds is 8. The highest BCUT2D eigenvalue weighted by molar-refractivity contribution is 6.36. The van der Waals surface area contributed by atoms with E-state index < -0.39 is 5.82 Å². The van der Waals surface area contributed by atoms with Crippen molar-refractivity contribution in [1.29, 1.82) is 0 Å². The number of nitrogens with zero attached hydrogens (tertiary/aromatic N) is 5. The van der Waals surface area contributed by atoms with Gasteiger partial charge >= 0.3 is 0 Å². The van der Waals surface area contributed by atoms with Crippen LogP contribution in [0.15, 0.2) is 48.7 Å². The van der Waals surface area contributed by atoms with Gasteiger partial charge in [0.25, 0.3) is 0 Å². The van der Waals surface area contributed by atoms with Crippen LogP contribution in [0.4, 0.5) is 4.39 Å². The van der Waals surface area contributed by atoms with Crippen LogP contribution in [0, 0.1) is 5.82 Å². The summed E-state index contributed by atoms with van der Waals surface area (Å²) in [6, 6.07) is 13.0. The van der Waals surface area contributed by atoms with E-state index in [1.165, 1.54) is 7.11 Å². The summed E-state index contributed by atoms with van der Waals surface area (Å²) < 4.78 is 28.0. The maximum atomic E-state index is 16.5. The van der Waals surface area contributed by atoms with Gasteiger partial charge in [-0.25, -0.2) is 14.4 Å². The van der Waals surface area contributed by atoms with Crippen LogP contribution < -0.4 is 20.1 Å². The number of amides is 2. The van der Waals surface area contributed by atoms with E-state index in [0.717, 1.165) is 63.0 Å².